The number of amides is 1. The maximum Gasteiger partial charge on any atom is 0.262 e. The number of hydrogen-bond donors (Lipinski definition) is 1. The highest BCUT2D eigenvalue weighted by atomic mass is 35.5. The summed E-state index contributed by atoms with van der Waals surface area (Å²) in [6, 6.07) is 5.81. The predicted molar refractivity (Wildman–Crippen MR) is 101 cm³/mol. The lowest BCUT2D eigenvalue weighted by molar-refractivity contribution is -0.118. The molecule has 0 aliphatic heterocycles. The van der Waals surface area contributed by atoms with Crippen LogP contribution in [0.5, 0.6) is 5.75 Å². The van der Waals surface area contributed by atoms with Gasteiger partial charge in [-0.2, -0.15) is 0 Å². The summed E-state index contributed by atoms with van der Waals surface area (Å²) < 4.78 is 5.56. The zero-order valence-corrected chi connectivity index (χ0v) is 16.2. The van der Waals surface area contributed by atoms with Crippen molar-refractivity contribution in [3.63, 3.8) is 0 Å². The SMILES string of the molecule is Cc1cccc(C)c1NC(=O)COc1c(Cl)c(C)c(Cl)c(C)c1Cl. The van der Waals surface area contributed by atoms with Gasteiger partial charge in [0.2, 0.25) is 0 Å². The number of carbonyl (C=O) groups excluding carboxylic acids is 1. The van der Waals surface area contributed by atoms with Gasteiger partial charge in [0.15, 0.2) is 12.4 Å². The molecule has 0 bridgehead atoms. The molecule has 0 heterocycles. The van der Waals surface area contributed by atoms with Crippen LogP contribution >= 0.6 is 34.8 Å². The average molecular weight is 387 g/mol. The van der Waals surface area contributed by atoms with Crippen molar-refractivity contribution < 1.29 is 9.53 Å². The van der Waals surface area contributed by atoms with E-state index in [0.29, 0.717) is 26.2 Å². The summed E-state index contributed by atoms with van der Waals surface area (Å²) in [5, 5.41) is 3.98. The average Bonchev–Trinajstić information content (AvgIpc) is 2.54. The Morgan fingerprint density at radius 2 is 1.46 bits per heavy atom. The van der Waals surface area contributed by atoms with Crippen LogP contribution in [-0.2, 0) is 4.79 Å². The number of aryl methyl sites for hydroxylation is 2. The Labute approximate surface area is 156 Å². The van der Waals surface area contributed by atoms with Gasteiger partial charge in [-0.1, -0.05) is 53.0 Å². The Hall–Kier alpha value is -1.42. The van der Waals surface area contributed by atoms with Crippen LogP contribution in [0.1, 0.15) is 22.3 Å². The van der Waals surface area contributed by atoms with Crippen LogP contribution in [0, 0.1) is 27.7 Å². The first-order valence-corrected chi connectivity index (χ1v) is 8.50. The molecular formula is C18H18Cl3NO2. The fourth-order valence-electron chi connectivity index (χ4n) is 2.36. The number of para-hydroxylation sites is 1. The minimum Gasteiger partial charge on any atom is -0.481 e. The first-order chi connectivity index (χ1) is 11.2. The first-order valence-electron chi connectivity index (χ1n) is 7.36. The monoisotopic (exact) mass is 385 g/mol. The highest BCUT2D eigenvalue weighted by Crippen LogP contribution is 2.42. The van der Waals surface area contributed by atoms with Crippen LogP contribution in [0.3, 0.4) is 0 Å². The Bertz CT molecular complexity index is 754. The Kier molecular flexibility index (Phi) is 6.02. The quantitative estimate of drug-likeness (QED) is 0.710. The van der Waals surface area contributed by atoms with Crippen LogP contribution in [0.4, 0.5) is 5.69 Å². The topological polar surface area (TPSA) is 38.3 Å². The number of hydrogen-bond acceptors (Lipinski definition) is 2. The Morgan fingerprint density at radius 3 is 1.96 bits per heavy atom. The smallest absolute Gasteiger partial charge is 0.262 e. The first kappa shape index (κ1) is 18.9. The van der Waals surface area contributed by atoms with E-state index in [4.69, 9.17) is 39.5 Å². The van der Waals surface area contributed by atoms with E-state index < -0.39 is 0 Å². The molecule has 128 valence electrons. The molecule has 0 aliphatic carbocycles. The van der Waals surface area contributed by atoms with Crippen molar-refractivity contribution in [1.82, 2.24) is 0 Å². The van der Waals surface area contributed by atoms with Crippen molar-refractivity contribution in [1.29, 1.82) is 0 Å². The van der Waals surface area contributed by atoms with Crippen molar-refractivity contribution in [3.8, 4) is 5.75 Å². The van der Waals surface area contributed by atoms with Crippen molar-refractivity contribution in [2.45, 2.75) is 27.7 Å². The summed E-state index contributed by atoms with van der Waals surface area (Å²) in [5.74, 6) is -0.0146. The fraction of sp³-hybridized carbons (Fsp3) is 0.278. The molecule has 0 radical (unpaired) electrons. The molecule has 0 spiro atoms. The molecule has 0 saturated heterocycles. The third-order valence-electron chi connectivity index (χ3n) is 3.81. The van der Waals surface area contributed by atoms with E-state index in [9.17, 15) is 4.79 Å². The molecular weight excluding hydrogens is 369 g/mol. The van der Waals surface area contributed by atoms with E-state index in [1.165, 1.54) is 0 Å². The van der Waals surface area contributed by atoms with Gasteiger partial charge in [-0.3, -0.25) is 4.79 Å². The predicted octanol–water partition coefficient (Wildman–Crippen LogP) is 5.90. The molecule has 0 aliphatic rings. The second kappa shape index (κ2) is 7.64. The maximum atomic E-state index is 12.2. The lowest BCUT2D eigenvalue weighted by atomic mass is 10.1. The summed E-state index contributed by atoms with van der Waals surface area (Å²) in [6.07, 6.45) is 0. The molecule has 2 aromatic rings. The summed E-state index contributed by atoms with van der Waals surface area (Å²) in [5.41, 5.74) is 4.10. The third-order valence-corrected chi connectivity index (χ3v) is 5.29. The number of halogens is 3. The minimum absolute atomic E-state index is 0.201. The van der Waals surface area contributed by atoms with Crippen LogP contribution in [0.15, 0.2) is 18.2 Å². The van der Waals surface area contributed by atoms with E-state index in [1.807, 2.05) is 32.0 Å². The second-order valence-corrected chi connectivity index (χ2v) is 6.76. The third kappa shape index (κ3) is 3.80. The van der Waals surface area contributed by atoms with E-state index in [-0.39, 0.29) is 18.3 Å². The molecule has 0 atom stereocenters. The molecule has 0 aromatic heterocycles. The largest absolute Gasteiger partial charge is 0.481 e. The summed E-state index contributed by atoms with van der Waals surface area (Å²) >= 11 is 18.6. The van der Waals surface area contributed by atoms with Gasteiger partial charge in [0.05, 0.1) is 10.0 Å². The normalized spacial score (nSPS) is 10.6. The summed E-state index contributed by atoms with van der Waals surface area (Å²) in [7, 11) is 0. The molecule has 2 rings (SSSR count). The fourth-order valence-corrected chi connectivity index (χ4v) is 3.18. The van der Waals surface area contributed by atoms with E-state index >= 15 is 0 Å². The standard InChI is InChI=1S/C18H18Cl3NO2/c1-9-6-5-7-10(2)17(9)22-13(23)8-24-18-15(20)11(3)14(19)12(4)16(18)21/h5-7H,8H2,1-4H3,(H,22,23). The maximum absolute atomic E-state index is 12.2. The number of nitrogens with one attached hydrogen (secondary N) is 1. The van der Waals surface area contributed by atoms with E-state index in [0.717, 1.165) is 16.8 Å². The van der Waals surface area contributed by atoms with E-state index in [2.05, 4.69) is 5.32 Å². The Morgan fingerprint density at radius 1 is 0.958 bits per heavy atom. The van der Waals surface area contributed by atoms with Gasteiger partial charge in [-0.15, -0.1) is 0 Å². The number of anilines is 1. The van der Waals surface area contributed by atoms with Gasteiger partial charge >= 0.3 is 0 Å². The van der Waals surface area contributed by atoms with Gasteiger partial charge in [-0.05, 0) is 49.9 Å². The van der Waals surface area contributed by atoms with E-state index in [1.54, 1.807) is 13.8 Å². The summed E-state index contributed by atoms with van der Waals surface area (Å²) in [4.78, 5) is 12.2. The number of ether oxygens (including phenoxy) is 1. The minimum atomic E-state index is -0.287. The number of carbonyl (C=O) groups is 1. The molecule has 0 unspecified atom stereocenters. The lowest BCUT2D eigenvalue weighted by Crippen LogP contribution is -2.21. The van der Waals surface area contributed by atoms with Crippen molar-refractivity contribution in [3.05, 3.63) is 55.5 Å². The molecule has 24 heavy (non-hydrogen) atoms. The molecule has 1 N–H and O–H groups in total. The van der Waals surface area contributed by atoms with Crippen LogP contribution in [0.25, 0.3) is 0 Å². The molecule has 0 saturated carbocycles. The molecule has 6 heteroatoms. The van der Waals surface area contributed by atoms with Crippen molar-refractivity contribution >= 4 is 46.4 Å². The lowest BCUT2D eigenvalue weighted by Gasteiger charge is -2.16. The zero-order chi connectivity index (χ0) is 18.0. The van der Waals surface area contributed by atoms with Crippen molar-refractivity contribution in [2.24, 2.45) is 0 Å². The Balaban J connectivity index is 2.16. The molecule has 0 fully saturated rings. The zero-order valence-electron chi connectivity index (χ0n) is 13.9. The van der Waals surface area contributed by atoms with Gasteiger partial charge in [-0.25, -0.2) is 0 Å². The van der Waals surface area contributed by atoms with Gasteiger partial charge in [0.25, 0.3) is 5.91 Å². The molecule has 2 aromatic carbocycles. The highest BCUT2D eigenvalue weighted by molar-refractivity contribution is 6.42. The summed E-state index contributed by atoms with van der Waals surface area (Å²) in [6.45, 7) is 7.22. The van der Waals surface area contributed by atoms with Crippen LogP contribution < -0.4 is 10.1 Å². The van der Waals surface area contributed by atoms with Crippen LogP contribution in [0.2, 0.25) is 15.1 Å². The molecule has 3 nitrogen and oxygen atoms in total. The number of benzene rings is 2. The number of rotatable bonds is 4. The second-order valence-electron chi connectivity index (χ2n) is 5.62. The highest BCUT2D eigenvalue weighted by Gasteiger charge is 2.19. The molecule has 1 amide bonds. The van der Waals surface area contributed by atoms with Crippen molar-refractivity contribution in [2.75, 3.05) is 11.9 Å². The van der Waals surface area contributed by atoms with Gasteiger partial charge in [0, 0.05) is 10.7 Å². The van der Waals surface area contributed by atoms with Crippen LogP contribution in [-0.4, -0.2) is 12.5 Å². The van der Waals surface area contributed by atoms with Gasteiger partial charge < -0.3 is 10.1 Å². The van der Waals surface area contributed by atoms with Gasteiger partial charge in [0.1, 0.15) is 0 Å².